The molecule has 1 N–H and O–H groups in total. The number of amides is 1. The Bertz CT molecular complexity index is 863. The van der Waals surface area contributed by atoms with Crippen LogP contribution in [0.25, 0.3) is 11.4 Å². The molecule has 138 valence electrons. The van der Waals surface area contributed by atoms with Gasteiger partial charge in [0, 0.05) is 31.0 Å². The molecule has 1 aliphatic heterocycles. The van der Waals surface area contributed by atoms with Gasteiger partial charge in [-0.15, -0.1) is 10.2 Å². The van der Waals surface area contributed by atoms with Crippen molar-refractivity contribution in [2.75, 3.05) is 13.1 Å². The summed E-state index contributed by atoms with van der Waals surface area (Å²) in [5, 5.41) is 13.9. The Hall–Kier alpha value is -3.09. The predicted octanol–water partition coefficient (Wildman–Crippen LogP) is 2.60. The maximum atomic E-state index is 12.8. The topological polar surface area (TPSA) is 87.7 Å². The van der Waals surface area contributed by atoms with Crippen molar-refractivity contribution in [1.29, 1.82) is 0 Å². The molecule has 0 spiro atoms. The number of nitrogens with zero attached hydrogens (tertiary/aromatic N) is 5. The molecule has 0 radical (unpaired) electrons. The lowest BCUT2D eigenvalue weighted by molar-refractivity contribution is -0.130. The third kappa shape index (κ3) is 4.19. The number of likely N-dealkylation sites (tertiary alicyclic amines) is 1. The van der Waals surface area contributed by atoms with E-state index in [1.807, 2.05) is 41.6 Å². The Labute approximate surface area is 157 Å². The number of hydrogen-bond donors (Lipinski definition) is 1. The zero-order valence-corrected chi connectivity index (χ0v) is 15.1. The number of pyridine rings is 1. The minimum absolute atomic E-state index is 0.192. The highest BCUT2D eigenvalue weighted by molar-refractivity contribution is 5.79. The largest absolute Gasteiger partial charge is 0.342 e. The van der Waals surface area contributed by atoms with Crippen LogP contribution in [-0.4, -0.2) is 49.5 Å². The van der Waals surface area contributed by atoms with E-state index in [1.165, 1.54) is 5.56 Å². The van der Waals surface area contributed by atoms with Gasteiger partial charge >= 0.3 is 0 Å². The van der Waals surface area contributed by atoms with Gasteiger partial charge in [-0.1, -0.05) is 24.3 Å². The zero-order chi connectivity index (χ0) is 18.5. The van der Waals surface area contributed by atoms with Crippen LogP contribution in [0.3, 0.4) is 0 Å². The lowest BCUT2D eigenvalue weighted by Gasteiger charge is -2.21. The Morgan fingerprint density at radius 2 is 1.89 bits per heavy atom. The van der Waals surface area contributed by atoms with Crippen LogP contribution in [0, 0.1) is 0 Å². The van der Waals surface area contributed by atoms with Crippen LogP contribution in [0.15, 0.2) is 48.8 Å². The first-order chi connectivity index (χ1) is 13.3. The maximum Gasteiger partial charge on any atom is 0.226 e. The van der Waals surface area contributed by atoms with E-state index >= 15 is 0 Å². The second-order valence-electron chi connectivity index (χ2n) is 6.90. The van der Waals surface area contributed by atoms with Crippen LogP contribution in [-0.2, 0) is 11.2 Å². The second kappa shape index (κ2) is 8.07. The number of nitrogens with one attached hydrogen (secondary N) is 1. The molecule has 0 aliphatic carbocycles. The Kier molecular flexibility index (Phi) is 5.18. The van der Waals surface area contributed by atoms with Gasteiger partial charge in [0.1, 0.15) is 0 Å². The summed E-state index contributed by atoms with van der Waals surface area (Å²) >= 11 is 0. The molecule has 1 fully saturated rings. The summed E-state index contributed by atoms with van der Waals surface area (Å²) in [7, 11) is 0. The number of hydrogen-bond acceptors (Lipinski definition) is 5. The molecule has 3 heterocycles. The van der Waals surface area contributed by atoms with E-state index < -0.39 is 0 Å². The highest BCUT2D eigenvalue weighted by Gasteiger charge is 2.21. The second-order valence-corrected chi connectivity index (χ2v) is 6.90. The number of aromatic amines is 1. The summed E-state index contributed by atoms with van der Waals surface area (Å²) in [6.07, 6.45) is 7.28. The molecule has 1 aliphatic rings. The molecular weight excluding hydrogens is 340 g/mol. The van der Waals surface area contributed by atoms with Gasteiger partial charge in [-0.25, -0.2) is 0 Å². The minimum Gasteiger partial charge on any atom is -0.342 e. The fourth-order valence-electron chi connectivity index (χ4n) is 3.66. The summed E-state index contributed by atoms with van der Waals surface area (Å²) in [5.74, 6) is 1.26. The van der Waals surface area contributed by atoms with Crippen LogP contribution < -0.4 is 0 Å². The first kappa shape index (κ1) is 17.3. The third-order valence-corrected chi connectivity index (χ3v) is 5.17. The highest BCUT2D eigenvalue weighted by atomic mass is 16.2. The number of carbonyl (C=O) groups excluding carboxylic acids is 1. The molecule has 7 heteroatoms. The van der Waals surface area contributed by atoms with E-state index in [4.69, 9.17) is 0 Å². The average molecular weight is 362 g/mol. The molecule has 1 amide bonds. The smallest absolute Gasteiger partial charge is 0.226 e. The maximum absolute atomic E-state index is 12.8. The van der Waals surface area contributed by atoms with Crippen molar-refractivity contribution >= 4 is 5.91 Å². The number of tetrazole rings is 1. The van der Waals surface area contributed by atoms with E-state index in [-0.39, 0.29) is 5.91 Å². The van der Waals surface area contributed by atoms with Crippen LogP contribution in [0.5, 0.6) is 0 Å². The third-order valence-electron chi connectivity index (χ3n) is 5.17. The summed E-state index contributed by atoms with van der Waals surface area (Å²) in [4.78, 5) is 18.9. The summed E-state index contributed by atoms with van der Waals surface area (Å²) in [6.45, 7) is 1.65. The first-order valence-electron chi connectivity index (χ1n) is 9.30. The fraction of sp³-hybridized carbons (Fsp3) is 0.350. The van der Waals surface area contributed by atoms with Crippen LogP contribution in [0.2, 0.25) is 0 Å². The monoisotopic (exact) mass is 362 g/mol. The molecule has 3 aromatic rings. The molecule has 0 bridgehead atoms. The molecule has 1 unspecified atom stereocenters. The van der Waals surface area contributed by atoms with Gasteiger partial charge in [-0.2, -0.15) is 5.21 Å². The normalized spacial score (nSPS) is 17.5. The van der Waals surface area contributed by atoms with Crippen molar-refractivity contribution < 1.29 is 4.79 Å². The van der Waals surface area contributed by atoms with Gasteiger partial charge in [-0.3, -0.25) is 9.78 Å². The van der Waals surface area contributed by atoms with Crippen molar-refractivity contribution in [3.8, 4) is 11.4 Å². The van der Waals surface area contributed by atoms with Gasteiger partial charge in [-0.05, 0) is 53.7 Å². The van der Waals surface area contributed by atoms with Gasteiger partial charge in [0.05, 0.1) is 6.42 Å². The molecule has 4 rings (SSSR count). The van der Waals surface area contributed by atoms with Crippen molar-refractivity contribution in [1.82, 2.24) is 30.5 Å². The Balaban J connectivity index is 1.35. The lowest BCUT2D eigenvalue weighted by atomic mass is 9.93. The van der Waals surface area contributed by atoms with E-state index in [1.54, 1.807) is 0 Å². The Morgan fingerprint density at radius 1 is 1.07 bits per heavy atom. The van der Waals surface area contributed by atoms with E-state index in [0.29, 0.717) is 18.2 Å². The lowest BCUT2D eigenvalue weighted by Crippen LogP contribution is -2.33. The number of carbonyl (C=O) groups is 1. The van der Waals surface area contributed by atoms with E-state index in [0.717, 1.165) is 43.5 Å². The molecule has 2 aromatic heterocycles. The van der Waals surface area contributed by atoms with Crippen LogP contribution in [0.1, 0.15) is 36.3 Å². The molecule has 27 heavy (non-hydrogen) atoms. The summed E-state index contributed by atoms with van der Waals surface area (Å²) < 4.78 is 0. The molecule has 1 atom stereocenters. The Morgan fingerprint density at radius 3 is 2.63 bits per heavy atom. The summed E-state index contributed by atoms with van der Waals surface area (Å²) in [5.41, 5.74) is 3.22. The van der Waals surface area contributed by atoms with Gasteiger partial charge in [0.2, 0.25) is 11.7 Å². The van der Waals surface area contributed by atoms with Crippen molar-refractivity contribution in [3.05, 3.63) is 59.9 Å². The minimum atomic E-state index is 0.192. The van der Waals surface area contributed by atoms with E-state index in [9.17, 15) is 4.79 Å². The standard InChI is InChI=1S/C20H22N6O/c27-19(14-15-3-5-18(6-4-15)20-22-24-25-23-20)26-12-1-2-16(9-13-26)17-7-10-21-11-8-17/h3-8,10-11,16H,1-2,9,12-14H2,(H,22,23,24,25). The molecule has 0 saturated carbocycles. The van der Waals surface area contributed by atoms with Crippen molar-refractivity contribution in [3.63, 3.8) is 0 Å². The molecular formula is C20H22N6O. The van der Waals surface area contributed by atoms with Gasteiger partial charge in [0.25, 0.3) is 0 Å². The first-order valence-corrected chi connectivity index (χ1v) is 9.30. The van der Waals surface area contributed by atoms with Crippen molar-refractivity contribution in [2.24, 2.45) is 0 Å². The highest BCUT2D eigenvalue weighted by Crippen LogP contribution is 2.27. The van der Waals surface area contributed by atoms with E-state index in [2.05, 4.69) is 37.7 Å². The molecule has 7 nitrogen and oxygen atoms in total. The fourth-order valence-corrected chi connectivity index (χ4v) is 3.66. The zero-order valence-electron chi connectivity index (χ0n) is 15.1. The van der Waals surface area contributed by atoms with Crippen molar-refractivity contribution in [2.45, 2.75) is 31.6 Å². The SMILES string of the molecule is O=C(Cc1ccc(-c2nn[nH]n2)cc1)N1CCCC(c2ccncc2)CC1. The average Bonchev–Trinajstić information content (AvgIpc) is 3.13. The van der Waals surface area contributed by atoms with Gasteiger partial charge < -0.3 is 4.90 Å². The van der Waals surface area contributed by atoms with Crippen LogP contribution in [0.4, 0.5) is 0 Å². The number of aromatic nitrogens is 5. The molecule has 1 saturated heterocycles. The number of H-pyrrole nitrogens is 1. The van der Waals surface area contributed by atoms with Crippen LogP contribution >= 0.6 is 0 Å². The summed E-state index contributed by atoms with van der Waals surface area (Å²) in [6, 6.07) is 12.0. The number of benzene rings is 1. The predicted molar refractivity (Wildman–Crippen MR) is 101 cm³/mol. The van der Waals surface area contributed by atoms with Gasteiger partial charge in [0.15, 0.2) is 0 Å². The quantitative estimate of drug-likeness (QED) is 0.771. The molecule has 1 aromatic carbocycles. The number of rotatable bonds is 4.